The van der Waals surface area contributed by atoms with Gasteiger partial charge in [0.2, 0.25) is 5.91 Å². The predicted octanol–water partition coefficient (Wildman–Crippen LogP) is -0.295. The Balaban J connectivity index is 2.97. The molecule has 1 N–H and O–H groups in total. The van der Waals surface area contributed by atoms with Crippen molar-refractivity contribution in [2.75, 3.05) is 5.33 Å². The van der Waals surface area contributed by atoms with E-state index in [9.17, 15) is 4.79 Å². The van der Waals surface area contributed by atoms with Crippen LogP contribution in [-0.2, 0) is 4.79 Å². The van der Waals surface area contributed by atoms with Gasteiger partial charge in [-0.15, -0.1) is 0 Å². The molecule has 0 saturated heterocycles. The van der Waals surface area contributed by atoms with Gasteiger partial charge in [0, 0.05) is 0 Å². The average Bonchev–Trinajstić information content (AvgIpc) is 1.89. The highest BCUT2D eigenvalue weighted by atomic mass is 127. The third kappa shape index (κ3) is 6.76. The van der Waals surface area contributed by atoms with Crippen molar-refractivity contribution in [1.29, 1.82) is 0 Å². The number of alkyl halides is 1. The number of nitrogens with one attached hydrogen (secondary N) is 1. The number of hydrogen-bond acceptors (Lipinski definition) is 1. The van der Waals surface area contributed by atoms with Crippen molar-refractivity contribution in [2.45, 2.75) is 0 Å². The molecule has 0 saturated carbocycles. The molecular weight excluding hydrogens is 293 g/mol. The minimum atomic E-state index is -0.0375. The highest BCUT2D eigenvalue weighted by Gasteiger charge is 1.96. The van der Waals surface area contributed by atoms with Crippen molar-refractivity contribution >= 4 is 63.6 Å². The van der Waals surface area contributed by atoms with E-state index in [1.807, 2.05) is 5.03 Å². The summed E-state index contributed by atoms with van der Waals surface area (Å²) in [6.45, 7) is 0. The summed E-state index contributed by atoms with van der Waals surface area (Å²) >= 11 is 5.08. The van der Waals surface area contributed by atoms with E-state index in [0.29, 0.717) is 5.33 Å². The monoisotopic (exact) mass is 296 g/mol. The lowest BCUT2D eigenvalue weighted by Gasteiger charge is -1.95. The largest absolute Gasteiger partial charge is 0.412 e. The normalized spacial score (nSPS) is 7.78. The van der Waals surface area contributed by atoms with E-state index in [0.717, 1.165) is 0 Å². The first-order valence-corrected chi connectivity index (χ1v) is 4.62. The van der Waals surface area contributed by atoms with Crippen molar-refractivity contribution in [3.05, 3.63) is 0 Å². The Bertz CT molecular complexity index is 93.9. The van der Waals surface area contributed by atoms with Crippen LogP contribution in [0.3, 0.4) is 0 Å². The van der Waals surface area contributed by atoms with Gasteiger partial charge in [-0.05, 0) is 0 Å². The van der Waals surface area contributed by atoms with Crippen LogP contribution in [0.15, 0.2) is 0 Å². The number of hydrogen-bond donors (Lipinski definition) is 1. The van der Waals surface area contributed by atoms with Crippen molar-refractivity contribution in [1.82, 2.24) is 5.23 Å². The Morgan fingerprint density at radius 3 is 2.89 bits per heavy atom. The lowest BCUT2D eigenvalue weighted by Crippen LogP contribution is -2.33. The van der Waals surface area contributed by atoms with Crippen molar-refractivity contribution in [3.63, 3.8) is 0 Å². The first-order chi connectivity index (χ1) is 4.31. The van der Waals surface area contributed by atoms with Crippen LogP contribution in [0.25, 0.3) is 0 Å². The van der Waals surface area contributed by atoms with Gasteiger partial charge in [-0.1, -0.05) is 15.9 Å². The van der Waals surface area contributed by atoms with Crippen LogP contribution in [0.1, 0.15) is 0 Å². The van der Waals surface area contributed by atoms with Gasteiger partial charge in [0.15, 0.2) is 7.31 Å². The van der Waals surface area contributed by atoms with Crippen molar-refractivity contribution in [2.24, 2.45) is 0 Å². The zero-order chi connectivity index (χ0) is 7.11. The number of halogens is 2. The minimum absolute atomic E-state index is 0.0375. The Morgan fingerprint density at radius 1 is 1.78 bits per heavy atom. The highest BCUT2D eigenvalue weighted by molar-refractivity contribution is 14.1. The van der Waals surface area contributed by atoms with Gasteiger partial charge in [-0.25, -0.2) is 0 Å². The molecule has 9 heavy (non-hydrogen) atoms. The number of amides is 1. The number of carbonyl (C=O) groups excluding carboxylic acids is 1. The fourth-order valence-electron chi connectivity index (χ4n) is 0.216. The fraction of sp³-hybridized carbons (Fsp3) is 0.500. The van der Waals surface area contributed by atoms with Gasteiger partial charge >= 0.3 is 0 Å². The first kappa shape index (κ1) is 9.87. The van der Waals surface area contributed by atoms with Crippen LogP contribution in [0.2, 0.25) is 0 Å². The first-order valence-electron chi connectivity index (χ1n) is 2.25. The Labute approximate surface area is 78.6 Å². The van der Waals surface area contributed by atoms with Crippen LogP contribution in [0, 0.1) is 0 Å². The van der Waals surface area contributed by atoms with Crippen LogP contribution in [0.4, 0.5) is 0 Å². The molecule has 0 aliphatic carbocycles. The second-order valence-electron chi connectivity index (χ2n) is 1.19. The molecular formula is C2H3B3BrINO. The third-order valence-corrected chi connectivity index (χ3v) is 1.46. The van der Waals surface area contributed by atoms with E-state index in [1.165, 1.54) is 0 Å². The van der Waals surface area contributed by atoms with E-state index >= 15 is 0 Å². The molecule has 1 amide bonds. The summed E-state index contributed by atoms with van der Waals surface area (Å²) in [7, 11) is 3.34. The molecule has 0 aliphatic rings. The molecule has 0 fully saturated rings. The van der Waals surface area contributed by atoms with Gasteiger partial charge < -0.3 is 5.23 Å². The number of rotatable bonds is 4. The molecule has 0 spiro atoms. The predicted molar refractivity (Wildman–Crippen MR) is 53.2 cm³/mol. The molecule has 0 heterocycles. The Morgan fingerprint density at radius 2 is 2.44 bits per heavy atom. The van der Waals surface area contributed by atoms with E-state index in [1.54, 1.807) is 14.4 Å². The third-order valence-electron chi connectivity index (χ3n) is 0.535. The molecule has 7 heteroatoms. The molecule has 0 aromatic heterocycles. The van der Waals surface area contributed by atoms with Gasteiger partial charge in [-0.2, -0.15) is 22.4 Å². The SMILES string of the molecule is O=C(CBr)N[B][B][B]I. The van der Waals surface area contributed by atoms with E-state index in [-0.39, 0.29) is 5.91 Å². The molecule has 2 nitrogen and oxygen atoms in total. The molecule has 0 atom stereocenters. The maximum atomic E-state index is 10.5. The van der Waals surface area contributed by atoms with Crippen LogP contribution in [0.5, 0.6) is 0 Å². The molecule has 0 unspecified atom stereocenters. The molecule has 0 aromatic carbocycles. The molecule has 45 valence electrons. The zero-order valence-electron chi connectivity index (χ0n) is 4.60. The highest BCUT2D eigenvalue weighted by Crippen LogP contribution is 1.76. The molecule has 0 bridgehead atoms. The van der Waals surface area contributed by atoms with Crippen molar-refractivity contribution < 1.29 is 4.79 Å². The lowest BCUT2D eigenvalue weighted by atomic mass is 9.33. The fourth-order valence-corrected chi connectivity index (χ4v) is 0.585. The summed E-state index contributed by atoms with van der Waals surface area (Å²) in [5.41, 5.74) is 0. The molecule has 3 radical (unpaired) electrons. The zero-order valence-corrected chi connectivity index (χ0v) is 8.35. The van der Waals surface area contributed by atoms with Crippen LogP contribution < -0.4 is 5.23 Å². The lowest BCUT2D eigenvalue weighted by molar-refractivity contribution is -0.116. The van der Waals surface area contributed by atoms with Crippen molar-refractivity contribution in [3.8, 4) is 0 Å². The van der Waals surface area contributed by atoms with Gasteiger partial charge in [0.1, 0.15) is 5.03 Å². The smallest absolute Gasteiger partial charge is 0.217 e. The van der Waals surface area contributed by atoms with Gasteiger partial charge in [0.05, 0.1) is 12.4 Å². The summed E-state index contributed by atoms with van der Waals surface area (Å²) in [5, 5.41) is 4.69. The second-order valence-corrected chi connectivity index (χ2v) is 2.47. The Hall–Kier alpha value is 0.875. The van der Waals surface area contributed by atoms with Gasteiger partial charge in [0.25, 0.3) is 0 Å². The maximum Gasteiger partial charge on any atom is 0.217 e. The van der Waals surface area contributed by atoms with Crippen LogP contribution >= 0.6 is 38.3 Å². The minimum Gasteiger partial charge on any atom is -0.412 e. The number of carbonyl (C=O) groups is 1. The van der Waals surface area contributed by atoms with Crippen LogP contribution in [-0.4, -0.2) is 30.6 Å². The standard InChI is InChI=1S/C2H3B3BrINO/c6-1-2(9)8-5-3-4-7/h1H2,(H,8,9). The summed E-state index contributed by atoms with van der Waals surface area (Å²) < 4.78 is 0. The Kier molecular flexibility index (Phi) is 7.67. The van der Waals surface area contributed by atoms with E-state index in [2.05, 4.69) is 43.5 Å². The topological polar surface area (TPSA) is 29.1 Å². The average molecular weight is 296 g/mol. The van der Waals surface area contributed by atoms with E-state index in [4.69, 9.17) is 0 Å². The second kappa shape index (κ2) is 6.99. The molecule has 0 rings (SSSR count). The summed E-state index contributed by atoms with van der Waals surface area (Å²) in [6.07, 6.45) is 0. The summed E-state index contributed by atoms with van der Waals surface area (Å²) in [6, 6.07) is 0. The van der Waals surface area contributed by atoms with Gasteiger partial charge in [-0.3, -0.25) is 4.79 Å². The molecule has 0 aromatic rings. The maximum absolute atomic E-state index is 10.5. The van der Waals surface area contributed by atoms with E-state index < -0.39 is 0 Å². The summed E-state index contributed by atoms with van der Waals surface area (Å²) in [5.74, 6) is -0.0375. The summed E-state index contributed by atoms with van der Waals surface area (Å²) in [4.78, 5) is 10.5. The quantitative estimate of drug-likeness (QED) is 0.328. The molecule has 0 aliphatic heterocycles.